The number of nitrogens with one attached hydrogen (secondary N) is 1. The standard InChI is InChI=1S/C8H12N6OS/c1-5-6(15)10-7-11-12-8(14(7)13-5)16-4-2-3-9/h2-4,9H2,1H3,(H,10,11,15). The lowest BCUT2D eigenvalue weighted by Crippen LogP contribution is -2.15. The van der Waals surface area contributed by atoms with E-state index in [4.69, 9.17) is 5.73 Å². The van der Waals surface area contributed by atoms with Gasteiger partial charge >= 0.3 is 0 Å². The SMILES string of the molecule is Cc1nn2c(SCCCN)nnc2[nH]c1=O. The molecule has 0 bridgehead atoms. The van der Waals surface area contributed by atoms with Gasteiger partial charge in [0.1, 0.15) is 5.69 Å². The van der Waals surface area contributed by atoms with Crippen LogP contribution in [-0.4, -0.2) is 37.1 Å². The van der Waals surface area contributed by atoms with Crippen molar-refractivity contribution < 1.29 is 0 Å². The topological polar surface area (TPSA) is 102 Å². The minimum Gasteiger partial charge on any atom is -0.330 e. The Morgan fingerprint density at radius 3 is 3.06 bits per heavy atom. The van der Waals surface area contributed by atoms with Crippen molar-refractivity contribution in [3.63, 3.8) is 0 Å². The van der Waals surface area contributed by atoms with Gasteiger partial charge in [0, 0.05) is 5.75 Å². The summed E-state index contributed by atoms with van der Waals surface area (Å²) in [6.07, 6.45) is 0.905. The van der Waals surface area contributed by atoms with E-state index in [9.17, 15) is 4.79 Å². The summed E-state index contributed by atoms with van der Waals surface area (Å²) < 4.78 is 1.54. The van der Waals surface area contributed by atoms with Gasteiger partial charge < -0.3 is 5.73 Å². The van der Waals surface area contributed by atoms with Crippen molar-refractivity contribution in [1.82, 2.24) is 24.8 Å². The number of thioether (sulfide) groups is 1. The highest BCUT2D eigenvalue weighted by Crippen LogP contribution is 2.14. The predicted molar refractivity (Wildman–Crippen MR) is 60.5 cm³/mol. The highest BCUT2D eigenvalue weighted by atomic mass is 32.2. The van der Waals surface area contributed by atoms with Crippen LogP contribution in [0.4, 0.5) is 0 Å². The van der Waals surface area contributed by atoms with Crippen LogP contribution in [-0.2, 0) is 0 Å². The van der Waals surface area contributed by atoms with E-state index in [1.807, 2.05) is 0 Å². The third kappa shape index (κ3) is 2.07. The van der Waals surface area contributed by atoms with Crippen LogP contribution in [0.15, 0.2) is 9.95 Å². The number of hydrogen-bond acceptors (Lipinski definition) is 6. The molecule has 16 heavy (non-hydrogen) atoms. The van der Waals surface area contributed by atoms with Gasteiger partial charge in [-0.2, -0.15) is 9.61 Å². The predicted octanol–water partition coefficient (Wildman–Crippen LogP) is -0.438. The molecule has 2 rings (SSSR count). The van der Waals surface area contributed by atoms with E-state index in [-0.39, 0.29) is 5.56 Å². The van der Waals surface area contributed by atoms with Gasteiger partial charge in [-0.3, -0.25) is 9.78 Å². The third-order valence-corrected chi connectivity index (χ3v) is 3.00. The Morgan fingerprint density at radius 2 is 2.31 bits per heavy atom. The van der Waals surface area contributed by atoms with Crippen molar-refractivity contribution in [1.29, 1.82) is 0 Å². The molecular weight excluding hydrogens is 228 g/mol. The Hall–Kier alpha value is -1.41. The summed E-state index contributed by atoms with van der Waals surface area (Å²) in [5.41, 5.74) is 5.56. The van der Waals surface area contributed by atoms with E-state index in [2.05, 4.69) is 20.3 Å². The zero-order valence-corrected chi connectivity index (χ0v) is 9.62. The summed E-state index contributed by atoms with van der Waals surface area (Å²) in [4.78, 5) is 13.9. The van der Waals surface area contributed by atoms with Gasteiger partial charge in [0.25, 0.3) is 11.3 Å². The van der Waals surface area contributed by atoms with Crippen molar-refractivity contribution in [3.05, 3.63) is 16.0 Å². The molecule has 8 heteroatoms. The van der Waals surface area contributed by atoms with Crippen LogP contribution in [0.2, 0.25) is 0 Å². The molecule has 0 spiro atoms. The quantitative estimate of drug-likeness (QED) is 0.555. The van der Waals surface area contributed by atoms with Gasteiger partial charge in [-0.05, 0) is 19.9 Å². The van der Waals surface area contributed by atoms with E-state index < -0.39 is 0 Å². The van der Waals surface area contributed by atoms with Crippen LogP contribution in [0, 0.1) is 6.92 Å². The lowest BCUT2D eigenvalue weighted by atomic mass is 10.5. The van der Waals surface area contributed by atoms with E-state index in [1.54, 1.807) is 6.92 Å². The summed E-state index contributed by atoms with van der Waals surface area (Å²) in [7, 11) is 0. The fourth-order valence-corrected chi connectivity index (χ4v) is 2.00. The Morgan fingerprint density at radius 1 is 1.50 bits per heavy atom. The number of rotatable bonds is 4. The lowest BCUT2D eigenvalue weighted by molar-refractivity contribution is 0.768. The maximum Gasteiger partial charge on any atom is 0.273 e. The Bertz CT molecular complexity index is 547. The Balaban J connectivity index is 2.33. The zero-order valence-electron chi connectivity index (χ0n) is 8.80. The van der Waals surface area contributed by atoms with Gasteiger partial charge in [0.05, 0.1) is 0 Å². The molecule has 3 N–H and O–H groups in total. The molecular formula is C8H12N6OS. The minimum atomic E-state index is -0.238. The van der Waals surface area contributed by atoms with Crippen LogP contribution >= 0.6 is 11.8 Å². The van der Waals surface area contributed by atoms with Crippen molar-refractivity contribution >= 4 is 17.5 Å². The third-order valence-electron chi connectivity index (χ3n) is 2.00. The number of nitrogens with two attached hydrogens (primary N) is 1. The number of H-pyrrole nitrogens is 1. The van der Waals surface area contributed by atoms with Gasteiger partial charge in [0.15, 0.2) is 0 Å². The van der Waals surface area contributed by atoms with Crippen LogP contribution in [0.1, 0.15) is 12.1 Å². The molecule has 0 fully saturated rings. The second-order valence-electron chi connectivity index (χ2n) is 3.25. The highest BCUT2D eigenvalue weighted by molar-refractivity contribution is 7.99. The molecule has 0 aliphatic heterocycles. The summed E-state index contributed by atoms with van der Waals surface area (Å²) in [5.74, 6) is 1.22. The van der Waals surface area contributed by atoms with Gasteiger partial charge in [-0.1, -0.05) is 11.8 Å². The van der Waals surface area contributed by atoms with E-state index in [0.29, 0.717) is 23.2 Å². The summed E-state index contributed by atoms with van der Waals surface area (Å²) in [6.45, 7) is 2.29. The summed E-state index contributed by atoms with van der Waals surface area (Å²) in [6, 6.07) is 0. The molecule has 0 aliphatic carbocycles. The molecule has 0 amide bonds. The van der Waals surface area contributed by atoms with Crippen LogP contribution in [0.25, 0.3) is 5.78 Å². The molecule has 0 aromatic carbocycles. The lowest BCUT2D eigenvalue weighted by Gasteiger charge is -1.98. The molecule has 2 heterocycles. The fourth-order valence-electron chi connectivity index (χ4n) is 1.16. The number of aryl methyl sites for hydroxylation is 1. The van der Waals surface area contributed by atoms with Crippen molar-refractivity contribution in [2.45, 2.75) is 18.5 Å². The van der Waals surface area contributed by atoms with E-state index in [0.717, 1.165) is 12.2 Å². The van der Waals surface area contributed by atoms with E-state index in [1.165, 1.54) is 16.3 Å². The second-order valence-corrected chi connectivity index (χ2v) is 4.31. The highest BCUT2D eigenvalue weighted by Gasteiger charge is 2.08. The van der Waals surface area contributed by atoms with Crippen molar-refractivity contribution in [2.24, 2.45) is 5.73 Å². The molecule has 0 unspecified atom stereocenters. The minimum absolute atomic E-state index is 0.238. The molecule has 0 radical (unpaired) electrons. The van der Waals surface area contributed by atoms with Crippen molar-refractivity contribution in [2.75, 3.05) is 12.3 Å². The van der Waals surface area contributed by atoms with Crippen LogP contribution in [0.5, 0.6) is 0 Å². The first-order chi connectivity index (χ1) is 7.72. The normalized spacial score (nSPS) is 11.1. The molecule has 0 saturated carbocycles. The number of fused-ring (bicyclic) bond motifs is 1. The maximum absolute atomic E-state index is 11.3. The van der Waals surface area contributed by atoms with Crippen LogP contribution < -0.4 is 11.3 Å². The monoisotopic (exact) mass is 240 g/mol. The molecule has 0 atom stereocenters. The molecule has 0 saturated heterocycles. The average molecular weight is 240 g/mol. The first kappa shape index (κ1) is 11.1. The van der Waals surface area contributed by atoms with Gasteiger partial charge in [0.2, 0.25) is 5.16 Å². The maximum atomic E-state index is 11.3. The Labute approximate surface area is 95.4 Å². The van der Waals surface area contributed by atoms with Crippen LogP contribution in [0.3, 0.4) is 0 Å². The number of hydrogen-bond donors (Lipinski definition) is 2. The number of aromatic amines is 1. The zero-order chi connectivity index (χ0) is 11.5. The average Bonchev–Trinajstić information content (AvgIpc) is 2.63. The first-order valence-electron chi connectivity index (χ1n) is 4.87. The summed E-state index contributed by atoms with van der Waals surface area (Å²) in [5, 5.41) is 12.6. The van der Waals surface area contributed by atoms with Gasteiger partial charge in [-0.25, -0.2) is 0 Å². The first-order valence-corrected chi connectivity index (χ1v) is 5.86. The van der Waals surface area contributed by atoms with Crippen molar-refractivity contribution in [3.8, 4) is 0 Å². The molecule has 2 aromatic heterocycles. The molecule has 86 valence electrons. The summed E-state index contributed by atoms with van der Waals surface area (Å²) >= 11 is 1.52. The Kier molecular flexibility index (Phi) is 3.20. The number of aromatic nitrogens is 5. The molecule has 7 nitrogen and oxygen atoms in total. The van der Waals surface area contributed by atoms with Gasteiger partial charge in [-0.15, -0.1) is 10.2 Å². The fraction of sp³-hybridized carbons (Fsp3) is 0.500. The smallest absolute Gasteiger partial charge is 0.273 e. The number of nitrogens with zero attached hydrogens (tertiary/aromatic N) is 4. The van der Waals surface area contributed by atoms with E-state index >= 15 is 0 Å². The molecule has 2 aromatic rings. The second kappa shape index (κ2) is 4.62. The largest absolute Gasteiger partial charge is 0.330 e. The molecule has 0 aliphatic rings.